The number of para-hydroxylation sites is 1. The number of fused-ring (bicyclic) bond motifs is 1. The number of likely N-dealkylation sites (tertiary alicyclic amines) is 1. The molecule has 0 spiro atoms. The molecule has 2 N–H and O–H groups in total. The number of ether oxygens (including phenoxy) is 3. The fourth-order valence-electron chi connectivity index (χ4n) is 5.88. The Kier molecular flexibility index (Phi) is 8.59. The Balaban J connectivity index is 1.10. The molecule has 0 unspecified atom stereocenters. The maximum Gasteiger partial charge on any atom is 0.410 e. The van der Waals surface area contributed by atoms with E-state index in [4.69, 9.17) is 30.0 Å². The summed E-state index contributed by atoms with van der Waals surface area (Å²) in [6.45, 7) is 9.00. The van der Waals surface area contributed by atoms with E-state index in [9.17, 15) is 4.79 Å². The van der Waals surface area contributed by atoms with E-state index in [0.29, 0.717) is 41.8 Å². The monoisotopic (exact) mass is 620 g/mol. The lowest BCUT2D eigenvalue weighted by Crippen LogP contribution is -2.41. The third kappa shape index (κ3) is 6.43. The number of amides is 1. The lowest BCUT2D eigenvalue weighted by atomic mass is 9.96. The third-order valence-electron chi connectivity index (χ3n) is 8.12. The van der Waals surface area contributed by atoms with Crippen LogP contribution in [0.25, 0.3) is 22.3 Å². The highest BCUT2D eigenvalue weighted by molar-refractivity contribution is 7.15. The zero-order valence-electron chi connectivity index (χ0n) is 25.7. The van der Waals surface area contributed by atoms with Crippen LogP contribution in [0, 0.1) is 0 Å². The van der Waals surface area contributed by atoms with E-state index in [0.717, 1.165) is 55.0 Å². The molecule has 13 heteroatoms. The minimum absolute atomic E-state index is 0.143. The molecule has 0 saturated carbocycles. The van der Waals surface area contributed by atoms with Crippen molar-refractivity contribution in [3.8, 4) is 17.0 Å². The second-order valence-electron chi connectivity index (χ2n) is 12.3. The number of methoxy groups -OCH3 is 1. The number of benzene rings is 1. The number of hydrogen-bond acceptors (Lipinski definition) is 11. The lowest BCUT2D eigenvalue weighted by molar-refractivity contribution is 0.0205. The Hall–Kier alpha value is -3.97. The first kappa shape index (κ1) is 30.1. The number of nitrogens with two attached hydrogens (primary N) is 1. The number of nitrogen functional groups attached to an aromatic ring is 1. The largest absolute Gasteiger partial charge is 0.467 e. The number of rotatable bonds is 7. The summed E-state index contributed by atoms with van der Waals surface area (Å²) in [7, 11) is 1.59. The summed E-state index contributed by atoms with van der Waals surface area (Å²) in [5.41, 5.74) is 8.80. The van der Waals surface area contributed by atoms with Gasteiger partial charge in [-0.25, -0.2) is 9.78 Å². The van der Waals surface area contributed by atoms with E-state index in [1.807, 2.05) is 66.9 Å². The molecular weight excluding hydrogens is 580 g/mol. The SMILES string of the molecule is COCOc1ccccc1-c1cc2c(nn1)c(N)nn2C1CCN(c2ncc(C3CCN(C(=O)OC(C)(C)C)CC3)s2)CC1. The van der Waals surface area contributed by atoms with E-state index in [-0.39, 0.29) is 18.9 Å². The second kappa shape index (κ2) is 12.6. The number of piperidine rings is 2. The van der Waals surface area contributed by atoms with Crippen molar-refractivity contribution < 1.29 is 19.0 Å². The number of carbonyl (C=O) groups is 1. The predicted octanol–water partition coefficient (Wildman–Crippen LogP) is 5.47. The first-order valence-electron chi connectivity index (χ1n) is 15.1. The van der Waals surface area contributed by atoms with Gasteiger partial charge in [-0.3, -0.25) is 4.68 Å². The summed E-state index contributed by atoms with van der Waals surface area (Å²) in [4.78, 5) is 22.7. The van der Waals surface area contributed by atoms with Crippen molar-refractivity contribution in [2.75, 3.05) is 50.7 Å². The van der Waals surface area contributed by atoms with Gasteiger partial charge in [0.15, 0.2) is 23.3 Å². The maximum absolute atomic E-state index is 12.5. The van der Waals surface area contributed by atoms with Gasteiger partial charge in [0.25, 0.3) is 0 Å². The molecule has 0 atom stereocenters. The van der Waals surface area contributed by atoms with Gasteiger partial charge in [-0.2, -0.15) is 5.10 Å². The minimum Gasteiger partial charge on any atom is -0.467 e. The molecule has 0 bridgehead atoms. The van der Waals surface area contributed by atoms with E-state index in [1.165, 1.54) is 4.88 Å². The molecule has 5 heterocycles. The topological polar surface area (TPSA) is 134 Å². The van der Waals surface area contributed by atoms with E-state index in [2.05, 4.69) is 15.1 Å². The predicted molar refractivity (Wildman–Crippen MR) is 170 cm³/mol. The van der Waals surface area contributed by atoms with Crippen LogP contribution < -0.4 is 15.4 Å². The summed E-state index contributed by atoms with van der Waals surface area (Å²) >= 11 is 1.77. The first-order chi connectivity index (χ1) is 21.2. The minimum atomic E-state index is -0.478. The molecule has 4 aromatic rings. The van der Waals surface area contributed by atoms with Crippen molar-refractivity contribution in [1.29, 1.82) is 0 Å². The zero-order valence-corrected chi connectivity index (χ0v) is 26.5. The van der Waals surface area contributed by atoms with Gasteiger partial charge in [0.2, 0.25) is 0 Å². The molecular formula is C31H40N8O4S. The van der Waals surface area contributed by atoms with Crippen LogP contribution >= 0.6 is 11.3 Å². The molecule has 2 aliphatic rings. The fourth-order valence-corrected chi connectivity index (χ4v) is 7.02. The van der Waals surface area contributed by atoms with Crippen LogP contribution in [0.15, 0.2) is 36.5 Å². The van der Waals surface area contributed by atoms with Gasteiger partial charge in [-0.05, 0) is 70.6 Å². The highest BCUT2D eigenvalue weighted by Gasteiger charge is 2.30. The Bertz CT molecular complexity index is 1600. The van der Waals surface area contributed by atoms with Gasteiger partial charge in [0, 0.05) is 49.9 Å². The van der Waals surface area contributed by atoms with Crippen molar-refractivity contribution >= 4 is 39.4 Å². The molecule has 2 fully saturated rings. The Labute approximate surface area is 261 Å². The number of thiazole rings is 1. The summed E-state index contributed by atoms with van der Waals surface area (Å²) in [6, 6.07) is 9.87. The van der Waals surface area contributed by atoms with Crippen LogP contribution in [-0.2, 0) is 9.47 Å². The van der Waals surface area contributed by atoms with Crippen LogP contribution in [0.5, 0.6) is 5.75 Å². The number of nitrogens with zero attached hydrogens (tertiary/aromatic N) is 7. The number of hydrogen-bond donors (Lipinski definition) is 1. The number of carbonyl (C=O) groups excluding carboxylic acids is 1. The van der Waals surface area contributed by atoms with Crippen molar-refractivity contribution in [1.82, 2.24) is 29.9 Å². The van der Waals surface area contributed by atoms with E-state index < -0.39 is 5.60 Å². The van der Waals surface area contributed by atoms with Crippen molar-refractivity contribution in [2.24, 2.45) is 0 Å². The lowest BCUT2D eigenvalue weighted by Gasteiger charge is -2.33. The molecule has 0 aliphatic carbocycles. The van der Waals surface area contributed by atoms with Gasteiger partial charge >= 0.3 is 6.09 Å². The summed E-state index contributed by atoms with van der Waals surface area (Å²) in [5.74, 6) is 1.47. The molecule has 234 valence electrons. The van der Waals surface area contributed by atoms with E-state index in [1.54, 1.807) is 18.4 Å². The Morgan fingerprint density at radius 2 is 1.82 bits per heavy atom. The summed E-state index contributed by atoms with van der Waals surface area (Å²) in [5, 5.41) is 14.6. The number of anilines is 2. The first-order valence-corrected chi connectivity index (χ1v) is 15.9. The smallest absolute Gasteiger partial charge is 0.410 e. The highest BCUT2D eigenvalue weighted by Crippen LogP contribution is 2.38. The van der Waals surface area contributed by atoms with Crippen LogP contribution in [0.4, 0.5) is 15.7 Å². The standard InChI is InChI=1S/C31H40N8O4S/c1-31(2,3)43-30(40)38-13-9-20(10-14-38)26-18-33-29(44-26)37-15-11-21(12-16-37)39-24-17-23(34-35-27(24)28(32)36-39)22-7-5-6-8-25(22)42-19-41-4/h5-8,17-18,20-21H,9-16,19H2,1-4H3,(H2,32,36). The number of aromatic nitrogens is 5. The van der Waals surface area contributed by atoms with Crippen LogP contribution in [0.2, 0.25) is 0 Å². The molecule has 3 aromatic heterocycles. The van der Waals surface area contributed by atoms with Gasteiger partial charge in [-0.1, -0.05) is 12.1 Å². The van der Waals surface area contributed by atoms with Gasteiger partial charge in [0.05, 0.1) is 17.3 Å². The average molecular weight is 621 g/mol. The third-order valence-corrected chi connectivity index (χ3v) is 9.34. The van der Waals surface area contributed by atoms with Crippen molar-refractivity contribution in [3.05, 3.63) is 41.4 Å². The van der Waals surface area contributed by atoms with Gasteiger partial charge < -0.3 is 29.7 Å². The van der Waals surface area contributed by atoms with E-state index >= 15 is 0 Å². The Morgan fingerprint density at radius 3 is 2.55 bits per heavy atom. The summed E-state index contributed by atoms with van der Waals surface area (Å²) < 4.78 is 18.4. The van der Waals surface area contributed by atoms with Crippen LogP contribution in [-0.4, -0.2) is 81.6 Å². The van der Waals surface area contributed by atoms with Crippen LogP contribution in [0.1, 0.15) is 63.3 Å². The maximum atomic E-state index is 12.5. The molecule has 1 aromatic carbocycles. The molecule has 0 radical (unpaired) electrons. The van der Waals surface area contributed by atoms with Gasteiger partial charge in [0.1, 0.15) is 11.4 Å². The highest BCUT2D eigenvalue weighted by atomic mass is 32.1. The molecule has 1 amide bonds. The second-order valence-corrected chi connectivity index (χ2v) is 13.4. The molecule has 6 rings (SSSR count). The van der Waals surface area contributed by atoms with Crippen molar-refractivity contribution in [3.63, 3.8) is 0 Å². The zero-order chi connectivity index (χ0) is 30.8. The fraction of sp³-hybridized carbons (Fsp3) is 0.516. The summed E-state index contributed by atoms with van der Waals surface area (Å²) in [6.07, 6.45) is 5.46. The van der Waals surface area contributed by atoms with Crippen molar-refractivity contribution in [2.45, 2.75) is 64.0 Å². The molecule has 2 aliphatic heterocycles. The molecule has 2 saturated heterocycles. The normalized spacial score (nSPS) is 16.9. The Morgan fingerprint density at radius 1 is 1.07 bits per heavy atom. The van der Waals surface area contributed by atoms with Crippen LogP contribution in [0.3, 0.4) is 0 Å². The molecule has 12 nitrogen and oxygen atoms in total. The van der Waals surface area contributed by atoms with Gasteiger partial charge in [-0.15, -0.1) is 21.5 Å². The quantitative estimate of drug-likeness (QED) is 0.265. The molecule has 44 heavy (non-hydrogen) atoms. The average Bonchev–Trinajstić information content (AvgIpc) is 3.64.